The van der Waals surface area contributed by atoms with E-state index in [0.29, 0.717) is 6.42 Å². The van der Waals surface area contributed by atoms with Crippen LogP contribution in [0.15, 0.2) is 0 Å². The summed E-state index contributed by atoms with van der Waals surface area (Å²) in [5.74, 6) is 0. The Hall–Kier alpha value is 0.304. The minimum absolute atomic E-state index is 0.241. The highest BCUT2D eigenvalue weighted by atomic mass is 32.2. The van der Waals surface area contributed by atoms with Crippen molar-refractivity contribution in [1.29, 1.82) is 0 Å². The SMILES string of the molecule is C[Si](C)(CCCOS(C)(=O)=O)O[Si]. The van der Waals surface area contributed by atoms with Crippen LogP contribution in [0, 0.1) is 0 Å². The molecule has 77 valence electrons. The standard InChI is InChI=1S/C6H15O4SSi2/c1-11(7,8)9-5-4-6-13(2,3)10-12/h4-6H2,1-3H3. The predicted molar refractivity (Wildman–Crippen MR) is 54.5 cm³/mol. The summed E-state index contributed by atoms with van der Waals surface area (Å²) >= 11 is 0. The third kappa shape index (κ3) is 8.63. The maximum Gasteiger partial charge on any atom is 0.264 e. The number of hydrogen-bond acceptors (Lipinski definition) is 4. The van der Waals surface area contributed by atoms with E-state index in [2.05, 4.69) is 14.7 Å². The molecule has 0 bridgehead atoms. The fourth-order valence-corrected chi connectivity index (χ4v) is 2.58. The molecule has 0 saturated carbocycles. The first-order valence-electron chi connectivity index (χ1n) is 3.96. The van der Waals surface area contributed by atoms with Gasteiger partial charge in [0.05, 0.1) is 12.9 Å². The summed E-state index contributed by atoms with van der Waals surface area (Å²) < 4.78 is 30.8. The van der Waals surface area contributed by atoms with Gasteiger partial charge in [0.15, 0.2) is 8.32 Å². The van der Waals surface area contributed by atoms with Crippen molar-refractivity contribution in [1.82, 2.24) is 0 Å². The van der Waals surface area contributed by atoms with Crippen molar-refractivity contribution in [2.75, 3.05) is 12.9 Å². The summed E-state index contributed by atoms with van der Waals surface area (Å²) in [4.78, 5) is 0. The van der Waals surface area contributed by atoms with Crippen molar-refractivity contribution in [3.05, 3.63) is 0 Å². The van der Waals surface area contributed by atoms with Gasteiger partial charge in [0, 0.05) is 0 Å². The van der Waals surface area contributed by atoms with Gasteiger partial charge in [-0.3, -0.25) is 4.18 Å². The monoisotopic (exact) mass is 239 g/mol. The van der Waals surface area contributed by atoms with Crippen molar-refractivity contribution >= 4 is 28.9 Å². The second-order valence-corrected chi connectivity index (χ2v) is 9.97. The third-order valence-corrected chi connectivity index (χ3v) is 5.86. The molecule has 13 heavy (non-hydrogen) atoms. The van der Waals surface area contributed by atoms with Gasteiger partial charge in [-0.1, -0.05) is 0 Å². The molecular weight excluding hydrogens is 224 g/mol. The Morgan fingerprint density at radius 2 is 1.92 bits per heavy atom. The van der Waals surface area contributed by atoms with Gasteiger partial charge in [-0.05, 0) is 25.6 Å². The van der Waals surface area contributed by atoms with Crippen molar-refractivity contribution < 1.29 is 16.7 Å². The quantitative estimate of drug-likeness (QED) is 0.388. The Balaban J connectivity index is 3.58. The average molecular weight is 239 g/mol. The predicted octanol–water partition coefficient (Wildman–Crippen LogP) is 0.658. The molecule has 0 aromatic heterocycles. The van der Waals surface area contributed by atoms with Crippen LogP contribution < -0.4 is 0 Å². The Morgan fingerprint density at radius 3 is 2.31 bits per heavy atom. The lowest BCUT2D eigenvalue weighted by Gasteiger charge is -2.19. The summed E-state index contributed by atoms with van der Waals surface area (Å²) in [6, 6.07) is 0.867. The maximum absolute atomic E-state index is 10.6. The number of hydrogen-bond donors (Lipinski definition) is 0. The molecule has 4 nitrogen and oxygen atoms in total. The Kier molecular flexibility index (Phi) is 5.37. The van der Waals surface area contributed by atoms with E-state index in [-0.39, 0.29) is 6.61 Å². The molecule has 0 aliphatic rings. The normalized spacial score (nSPS) is 13.2. The van der Waals surface area contributed by atoms with Crippen LogP contribution in [0.4, 0.5) is 0 Å². The molecule has 7 heteroatoms. The largest absolute Gasteiger partial charge is 0.457 e. The van der Waals surface area contributed by atoms with E-state index in [1.807, 2.05) is 13.1 Å². The second kappa shape index (κ2) is 5.25. The van der Waals surface area contributed by atoms with Crippen LogP contribution in [-0.2, 0) is 18.4 Å². The van der Waals surface area contributed by atoms with Gasteiger partial charge in [-0.2, -0.15) is 8.42 Å². The molecule has 0 aromatic rings. The molecule has 0 atom stereocenters. The first-order valence-corrected chi connectivity index (χ1v) is 9.30. The third-order valence-electron chi connectivity index (χ3n) is 1.50. The molecule has 0 N–H and O–H groups in total. The summed E-state index contributed by atoms with van der Waals surface area (Å²) in [5, 5.41) is 0. The zero-order chi connectivity index (χ0) is 10.5. The maximum atomic E-state index is 10.6. The lowest BCUT2D eigenvalue weighted by molar-refractivity contribution is 0.319. The Morgan fingerprint density at radius 1 is 1.38 bits per heavy atom. The highest BCUT2D eigenvalue weighted by molar-refractivity contribution is 7.85. The average Bonchev–Trinajstić information content (AvgIpc) is 1.97. The lowest BCUT2D eigenvalue weighted by Crippen LogP contribution is -2.29. The highest BCUT2D eigenvalue weighted by Crippen LogP contribution is 2.12. The van der Waals surface area contributed by atoms with E-state index in [4.69, 9.17) is 4.12 Å². The van der Waals surface area contributed by atoms with E-state index in [0.717, 1.165) is 12.3 Å². The van der Waals surface area contributed by atoms with Crippen LogP contribution in [0.2, 0.25) is 19.1 Å². The van der Waals surface area contributed by atoms with E-state index < -0.39 is 18.4 Å². The summed E-state index contributed by atoms with van der Waals surface area (Å²) in [5.41, 5.74) is 0. The molecule has 0 fully saturated rings. The van der Waals surface area contributed by atoms with Crippen LogP contribution in [0.1, 0.15) is 6.42 Å². The molecule has 0 unspecified atom stereocenters. The minimum atomic E-state index is -3.29. The van der Waals surface area contributed by atoms with E-state index in [9.17, 15) is 8.42 Å². The van der Waals surface area contributed by atoms with Crippen LogP contribution in [-0.4, -0.2) is 40.1 Å². The molecule has 0 rings (SSSR count). The lowest BCUT2D eigenvalue weighted by atomic mass is 10.5. The van der Waals surface area contributed by atoms with Crippen molar-refractivity contribution in [2.24, 2.45) is 0 Å². The molecule has 0 spiro atoms. The Bertz CT molecular complexity index is 237. The van der Waals surface area contributed by atoms with E-state index >= 15 is 0 Å². The molecule has 0 aliphatic heterocycles. The zero-order valence-corrected chi connectivity index (χ0v) is 11.0. The minimum Gasteiger partial charge on any atom is -0.457 e. The van der Waals surface area contributed by atoms with Crippen LogP contribution >= 0.6 is 0 Å². The summed E-state index contributed by atoms with van der Waals surface area (Å²) in [6.07, 6.45) is 1.76. The van der Waals surface area contributed by atoms with E-state index in [1.165, 1.54) is 0 Å². The molecule has 0 aromatic carbocycles. The van der Waals surface area contributed by atoms with Gasteiger partial charge in [-0.25, -0.2) is 0 Å². The molecule has 0 amide bonds. The van der Waals surface area contributed by atoms with Crippen molar-refractivity contribution in [2.45, 2.75) is 25.6 Å². The number of rotatable bonds is 6. The van der Waals surface area contributed by atoms with Gasteiger partial charge < -0.3 is 4.12 Å². The summed E-state index contributed by atoms with van der Waals surface area (Å²) in [6.45, 7) is 4.33. The molecule has 3 radical (unpaired) electrons. The second-order valence-electron chi connectivity index (χ2n) is 3.49. The van der Waals surface area contributed by atoms with Crippen LogP contribution in [0.25, 0.3) is 0 Å². The zero-order valence-electron chi connectivity index (χ0n) is 8.16. The highest BCUT2D eigenvalue weighted by Gasteiger charge is 2.19. The smallest absolute Gasteiger partial charge is 0.264 e. The summed E-state index contributed by atoms with van der Waals surface area (Å²) in [7, 11) is -1.91. The Labute approximate surface area is 84.4 Å². The van der Waals surface area contributed by atoms with Crippen molar-refractivity contribution in [3.63, 3.8) is 0 Å². The molecule has 0 heterocycles. The van der Waals surface area contributed by atoms with Gasteiger partial charge in [-0.15, -0.1) is 0 Å². The molecule has 0 aliphatic carbocycles. The van der Waals surface area contributed by atoms with Crippen LogP contribution in [0.5, 0.6) is 0 Å². The topological polar surface area (TPSA) is 52.6 Å². The van der Waals surface area contributed by atoms with Gasteiger partial charge in [0.25, 0.3) is 10.1 Å². The first-order chi connectivity index (χ1) is 5.77. The van der Waals surface area contributed by atoms with Gasteiger partial charge in [0.1, 0.15) is 0 Å². The van der Waals surface area contributed by atoms with E-state index in [1.54, 1.807) is 0 Å². The molecular formula is C6H15O4SSi2. The fraction of sp³-hybridized carbons (Fsp3) is 1.00. The van der Waals surface area contributed by atoms with Crippen LogP contribution in [0.3, 0.4) is 0 Å². The van der Waals surface area contributed by atoms with Gasteiger partial charge in [0.2, 0.25) is 10.5 Å². The molecule has 0 saturated heterocycles. The first kappa shape index (κ1) is 13.3. The van der Waals surface area contributed by atoms with Crippen molar-refractivity contribution in [3.8, 4) is 0 Å². The van der Waals surface area contributed by atoms with Gasteiger partial charge >= 0.3 is 0 Å². The fourth-order valence-electron chi connectivity index (χ4n) is 0.759.